The molecule has 12 heteroatoms. The van der Waals surface area contributed by atoms with E-state index in [1.165, 1.54) is 0 Å². The lowest BCUT2D eigenvalue weighted by Crippen LogP contribution is -2.41. The van der Waals surface area contributed by atoms with Crippen LogP contribution in [0.2, 0.25) is 0 Å². The molecule has 2 saturated carbocycles. The summed E-state index contributed by atoms with van der Waals surface area (Å²) in [5.74, 6) is 1.21. The van der Waals surface area contributed by atoms with E-state index >= 15 is 0 Å². The van der Waals surface area contributed by atoms with Crippen molar-refractivity contribution in [2.45, 2.75) is 88.8 Å². The van der Waals surface area contributed by atoms with Crippen molar-refractivity contribution >= 4 is 33.7 Å². The van der Waals surface area contributed by atoms with Gasteiger partial charge in [-0.15, -0.1) is 0 Å². The monoisotopic (exact) mass is 618 g/mol. The molecule has 234 valence electrons. The van der Waals surface area contributed by atoms with Gasteiger partial charge in [0.05, 0.1) is 19.3 Å². The Morgan fingerprint density at radius 2 is 1.81 bits per heavy atom. The number of fused-ring (bicyclic) bond motifs is 1. The number of benzene rings is 1. The quantitative estimate of drug-likeness (QED) is 0.274. The van der Waals surface area contributed by atoms with E-state index in [2.05, 4.69) is 50.7 Å². The number of ether oxygens (including phenoxy) is 1. The largest absolute Gasteiger partial charge is 0.400 e. The van der Waals surface area contributed by atoms with E-state index in [0.717, 1.165) is 50.5 Å². The van der Waals surface area contributed by atoms with E-state index in [9.17, 15) is 17.4 Å². The summed E-state index contributed by atoms with van der Waals surface area (Å²) in [5, 5.41) is 3.18. The molecule has 3 aromatic rings. The Bertz CT molecular complexity index is 1420. The lowest BCUT2D eigenvalue weighted by Gasteiger charge is -2.37. The van der Waals surface area contributed by atoms with Crippen LogP contribution in [0.25, 0.3) is 11.2 Å². The first-order valence-electron chi connectivity index (χ1n) is 15.6. The first-order chi connectivity index (χ1) is 20.7. The SMILES string of the molecule is CC1CCC(Cn2c(N3CCOC[C@H]3c3ccccc3)nc3nc(S(=O)CC(F)(F)F)nc(N[C@H](C)C4CCC4)c32)CC1. The van der Waals surface area contributed by atoms with Gasteiger partial charge in [0.1, 0.15) is 22.1 Å². The van der Waals surface area contributed by atoms with Crippen molar-refractivity contribution in [2.24, 2.45) is 17.8 Å². The predicted octanol–water partition coefficient (Wildman–Crippen LogP) is 6.50. The van der Waals surface area contributed by atoms with Crippen LogP contribution in [0.3, 0.4) is 0 Å². The number of rotatable bonds is 9. The van der Waals surface area contributed by atoms with E-state index in [-0.39, 0.29) is 22.9 Å². The Balaban J connectivity index is 1.48. The lowest BCUT2D eigenvalue weighted by atomic mass is 9.80. The molecule has 0 amide bonds. The molecule has 0 radical (unpaired) electrons. The van der Waals surface area contributed by atoms with Crippen LogP contribution < -0.4 is 10.2 Å². The predicted molar refractivity (Wildman–Crippen MR) is 162 cm³/mol. The second-order valence-electron chi connectivity index (χ2n) is 12.6. The average Bonchev–Trinajstić information content (AvgIpc) is 3.31. The third-order valence-corrected chi connectivity index (χ3v) is 10.6. The molecule has 6 rings (SSSR count). The highest BCUT2D eigenvalue weighted by atomic mass is 32.2. The van der Waals surface area contributed by atoms with Crippen LogP contribution in [0.4, 0.5) is 24.9 Å². The van der Waals surface area contributed by atoms with Gasteiger partial charge < -0.3 is 19.5 Å². The molecule has 1 aliphatic heterocycles. The summed E-state index contributed by atoms with van der Waals surface area (Å²) in [6.07, 6.45) is 3.27. The Labute approximate surface area is 253 Å². The zero-order valence-electron chi connectivity index (χ0n) is 24.9. The van der Waals surface area contributed by atoms with Crippen LogP contribution in [-0.4, -0.2) is 61.5 Å². The molecule has 8 nitrogen and oxygen atoms in total. The number of nitrogens with one attached hydrogen (secondary N) is 1. The second-order valence-corrected chi connectivity index (χ2v) is 13.9. The maximum absolute atomic E-state index is 13.3. The Morgan fingerprint density at radius 1 is 1.07 bits per heavy atom. The highest BCUT2D eigenvalue weighted by Gasteiger charge is 2.35. The normalized spacial score (nSPS) is 25.0. The first-order valence-corrected chi connectivity index (χ1v) is 16.9. The van der Waals surface area contributed by atoms with E-state index < -0.39 is 22.7 Å². The Morgan fingerprint density at radius 3 is 2.49 bits per heavy atom. The first kappa shape index (κ1) is 30.3. The van der Waals surface area contributed by atoms with Crippen molar-refractivity contribution in [3.63, 3.8) is 0 Å². The standard InChI is InChI=1S/C31H41F3N6O2S/c1-20-11-13-22(14-12-20)17-40-26-27(35-21(2)23-9-6-10-23)36-29(43(41)19-31(32,33)34)37-28(26)38-30(40)39-15-16-42-18-25(39)24-7-4-3-5-8-24/h3-5,7-8,20-23,25H,6,9-19H2,1-2H3,(H,35,36,37)/t20?,21-,22?,25+,43?/m1/s1. The third kappa shape index (κ3) is 6.84. The molecular formula is C31H41F3N6O2S. The fourth-order valence-corrected chi connectivity index (χ4v) is 7.46. The molecule has 2 aliphatic carbocycles. The minimum Gasteiger partial charge on any atom is -0.377 e. The van der Waals surface area contributed by atoms with Gasteiger partial charge in [0.15, 0.2) is 11.5 Å². The van der Waals surface area contributed by atoms with Gasteiger partial charge in [0.2, 0.25) is 11.1 Å². The maximum Gasteiger partial charge on any atom is 0.400 e. The molecular weight excluding hydrogens is 577 g/mol. The minimum absolute atomic E-state index is 0.0542. The fourth-order valence-electron chi connectivity index (χ4n) is 6.65. The molecule has 3 aliphatic rings. The van der Waals surface area contributed by atoms with E-state index in [4.69, 9.17) is 9.72 Å². The molecule has 43 heavy (non-hydrogen) atoms. The number of morpholine rings is 1. The molecule has 3 heterocycles. The third-order valence-electron chi connectivity index (χ3n) is 9.43. The van der Waals surface area contributed by atoms with Gasteiger partial charge >= 0.3 is 6.18 Å². The zero-order chi connectivity index (χ0) is 30.1. The molecule has 1 unspecified atom stereocenters. The topological polar surface area (TPSA) is 85.2 Å². The van der Waals surface area contributed by atoms with E-state index in [0.29, 0.717) is 61.3 Å². The van der Waals surface area contributed by atoms with Gasteiger partial charge in [0.25, 0.3) is 0 Å². The van der Waals surface area contributed by atoms with Gasteiger partial charge in [0, 0.05) is 19.1 Å². The second kappa shape index (κ2) is 12.7. The molecule has 0 bridgehead atoms. The molecule has 2 aromatic heterocycles. The minimum atomic E-state index is -4.60. The fraction of sp³-hybridized carbons (Fsp3) is 0.645. The van der Waals surface area contributed by atoms with Crippen LogP contribution in [0.1, 0.15) is 70.4 Å². The van der Waals surface area contributed by atoms with Crippen molar-refractivity contribution in [3.05, 3.63) is 35.9 Å². The van der Waals surface area contributed by atoms with Crippen LogP contribution in [0, 0.1) is 17.8 Å². The number of anilines is 2. The summed E-state index contributed by atoms with van der Waals surface area (Å²) < 4.78 is 60.8. The van der Waals surface area contributed by atoms with Gasteiger partial charge in [-0.2, -0.15) is 23.1 Å². The van der Waals surface area contributed by atoms with Crippen molar-refractivity contribution < 1.29 is 22.1 Å². The van der Waals surface area contributed by atoms with Crippen molar-refractivity contribution in [1.29, 1.82) is 0 Å². The molecule has 1 saturated heterocycles. The summed E-state index contributed by atoms with van der Waals surface area (Å²) in [4.78, 5) is 16.2. The smallest absolute Gasteiger partial charge is 0.377 e. The summed E-state index contributed by atoms with van der Waals surface area (Å²) in [5.41, 5.74) is 2.05. The van der Waals surface area contributed by atoms with Crippen molar-refractivity contribution in [2.75, 3.05) is 35.7 Å². The number of halogens is 3. The van der Waals surface area contributed by atoms with Crippen molar-refractivity contribution in [1.82, 2.24) is 19.5 Å². The molecule has 0 spiro atoms. The van der Waals surface area contributed by atoms with Crippen molar-refractivity contribution in [3.8, 4) is 0 Å². The highest BCUT2D eigenvalue weighted by molar-refractivity contribution is 7.84. The maximum atomic E-state index is 13.3. The Hall–Kier alpha value is -2.73. The summed E-state index contributed by atoms with van der Waals surface area (Å²) >= 11 is 0. The van der Waals surface area contributed by atoms with E-state index in [1.807, 2.05) is 18.2 Å². The van der Waals surface area contributed by atoms with Gasteiger partial charge in [-0.05, 0) is 55.9 Å². The zero-order valence-corrected chi connectivity index (χ0v) is 25.7. The van der Waals surface area contributed by atoms with Crippen LogP contribution >= 0.6 is 0 Å². The number of nitrogens with zero attached hydrogens (tertiary/aromatic N) is 5. The molecule has 3 atom stereocenters. The van der Waals surface area contributed by atoms with Gasteiger partial charge in [-0.1, -0.05) is 56.5 Å². The number of aromatic nitrogens is 4. The van der Waals surface area contributed by atoms with Gasteiger partial charge in [-0.25, -0.2) is 4.98 Å². The summed E-state index contributed by atoms with van der Waals surface area (Å²) in [6.45, 7) is 6.72. The molecule has 1 N–H and O–H groups in total. The summed E-state index contributed by atoms with van der Waals surface area (Å²) in [7, 11) is -2.45. The van der Waals surface area contributed by atoms with E-state index in [1.54, 1.807) is 0 Å². The molecule has 3 fully saturated rings. The highest BCUT2D eigenvalue weighted by Crippen LogP contribution is 2.38. The average molecular weight is 619 g/mol. The number of hydrogen-bond acceptors (Lipinski definition) is 7. The number of imidazole rings is 1. The number of hydrogen-bond donors (Lipinski definition) is 1. The summed E-state index contributed by atoms with van der Waals surface area (Å²) in [6, 6.07) is 10.1. The lowest BCUT2D eigenvalue weighted by molar-refractivity contribution is -0.105. The molecule has 1 aromatic carbocycles. The van der Waals surface area contributed by atoms with Crippen LogP contribution in [0.15, 0.2) is 35.5 Å². The van der Waals surface area contributed by atoms with Gasteiger partial charge in [-0.3, -0.25) is 4.21 Å². The Kier molecular flexibility index (Phi) is 8.96. The van der Waals surface area contributed by atoms with Crippen LogP contribution in [-0.2, 0) is 22.1 Å². The number of alkyl halides is 3. The van der Waals surface area contributed by atoms with Crippen LogP contribution in [0.5, 0.6) is 0 Å².